The zero-order valence-electron chi connectivity index (χ0n) is 27.6. The van der Waals surface area contributed by atoms with Crippen LogP contribution in [-0.2, 0) is 5.41 Å². The Hall–Kier alpha value is -6.71. The molecular weight excluding hydrogens is 619 g/mol. The summed E-state index contributed by atoms with van der Waals surface area (Å²) in [6, 6.07) is 63.2. The summed E-state index contributed by atoms with van der Waals surface area (Å²) >= 11 is 0. The second kappa shape index (κ2) is 10.6. The van der Waals surface area contributed by atoms with Gasteiger partial charge in [0, 0.05) is 16.7 Å². The van der Waals surface area contributed by atoms with Gasteiger partial charge in [-0.25, -0.2) is 15.0 Å². The van der Waals surface area contributed by atoms with Gasteiger partial charge < -0.3 is 0 Å². The molecule has 0 saturated carbocycles. The second-order valence-electron chi connectivity index (χ2n) is 13.5. The topological polar surface area (TPSA) is 38.7 Å². The Kier molecular flexibility index (Phi) is 5.88. The highest BCUT2D eigenvalue weighted by atomic mass is 15.0. The average molecular weight is 648 g/mol. The van der Waals surface area contributed by atoms with Crippen LogP contribution in [0.1, 0.15) is 22.3 Å². The molecule has 0 fully saturated rings. The summed E-state index contributed by atoms with van der Waals surface area (Å²) in [6.07, 6.45) is 0. The van der Waals surface area contributed by atoms with E-state index in [1.807, 2.05) is 60.7 Å². The Bertz CT molecular complexity index is 2880. The van der Waals surface area contributed by atoms with E-state index in [0.717, 1.165) is 16.7 Å². The maximum absolute atomic E-state index is 5.02. The van der Waals surface area contributed by atoms with Gasteiger partial charge in [0.05, 0.1) is 5.41 Å². The summed E-state index contributed by atoms with van der Waals surface area (Å²) in [6.45, 7) is 0. The van der Waals surface area contributed by atoms with Crippen molar-refractivity contribution < 1.29 is 0 Å². The first kappa shape index (κ1) is 28.2. The van der Waals surface area contributed by atoms with Gasteiger partial charge in [-0.15, -0.1) is 0 Å². The van der Waals surface area contributed by atoms with Crippen LogP contribution in [-0.4, -0.2) is 15.0 Å². The first-order valence-corrected chi connectivity index (χ1v) is 17.5. The molecule has 0 saturated heterocycles. The fourth-order valence-electron chi connectivity index (χ4n) is 8.78. The number of aromatic nitrogens is 3. The zero-order valence-corrected chi connectivity index (χ0v) is 27.6. The minimum absolute atomic E-state index is 0.512. The zero-order chi connectivity index (χ0) is 33.5. The highest BCUT2D eigenvalue weighted by molar-refractivity contribution is 6.36. The molecule has 10 aromatic rings. The van der Waals surface area contributed by atoms with Crippen molar-refractivity contribution in [1.29, 1.82) is 0 Å². The first-order chi connectivity index (χ1) is 25.3. The summed E-state index contributed by atoms with van der Waals surface area (Å²) in [5, 5.41) is 10.6. The third-order valence-corrected chi connectivity index (χ3v) is 10.9. The van der Waals surface area contributed by atoms with Crippen molar-refractivity contribution in [1.82, 2.24) is 15.0 Å². The quantitative estimate of drug-likeness (QED) is 0.138. The van der Waals surface area contributed by atoms with Crippen molar-refractivity contribution in [2.24, 2.45) is 0 Å². The van der Waals surface area contributed by atoms with Crippen LogP contribution < -0.4 is 0 Å². The van der Waals surface area contributed by atoms with Crippen LogP contribution in [0.3, 0.4) is 0 Å². The highest BCUT2D eigenvalue weighted by Gasteiger charge is 2.45. The molecule has 0 spiro atoms. The summed E-state index contributed by atoms with van der Waals surface area (Å²) in [5.41, 5.74) is 7.48. The lowest BCUT2D eigenvalue weighted by Crippen LogP contribution is -2.28. The third kappa shape index (κ3) is 3.92. The molecule has 1 atom stereocenters. The Morgan fingerprint density at radius 3 is 1.39 bits per heavy atom. The summed E-state index contributed by atoms with van der Waals surface area (Å²) in [7, 11) is 0. The molecule has 1 aliphatic carbocycles. The Balaban J connectivity index is 1.17. The van der Waals surface area contributed by atoms with E-state index in [1.54, 1.807) is 0 Å². The maximum atomic E-state index is 5.02. The van der Waals surface area contributed by atoms with Gasteiger partial charge >= 0.3 is 0 Å². The molecule has 1 unspecified atom stereocenters. The van der Waals surface area contributed by atoms with Crippen LogP contribution in [0.4, 0.5) is 0 Å². The fraction of sp³-hybridized carbons (Fsp3) is 0.0208. The summed E-state index contributed by atoms with van der Waals surface area (Å²) < 4.78 is 0. The predicted molar refractivity (Wildman–Crippen MR) is 209 cm³/mol. The van der Waals surface area contributed by atoms with Crippen molar-refractivity contribution in [2.45, 2.75) is 5.41 Å². The van der Waals surface area contributed by atoms with E-state index in [0.29, 0.717) is 17.5 Å². The SMILES string of the molecule is c1ccc(-c2nc(-c3ccccc3)nc(-c3ccc(C4(c5ccccc5)c5cccc6c7cccc8ccc9ccc4c(c56)c9c87)cc3)n2)cc1. The average Bonchev–Trinajstić information content (AvgIpc) is 3.53. The van der Waals surface area contributed by atoms with Gasteiger partial charge in [0.1, 0.15) is 0 Å². The van der Waals surface area contributed by atoms with Gasteiger partial charge in [-0.3, -0.25) is 0 Å². The Morgan fingerprint density at radius 1 is 0.294 bits per heavy atom. The van der Waals surface area contributed by atoms with Crippen LogP contribution in [0.2, 0.25) is 0 Å². The van der Waals surface area contributed by atoms with Crippen LogP contribution >= 0.6 is 0 Å². The summed E-state index contributed by atoms with van der Waals surface area (Å²) in [4.78, 5) is 15.0. The largest absolute Gasteiger partial charge is 0.208 e. The van der Waals surface area contributed by atoms with E-state index in [4.69, 9.17) is 15.0 Å². The molecule has 1 heterocycles. The van der Waals surface area contributed by atoms with Crippen molar-refractivity contribution >= 4 is 43.1 Å². The van der Waals surface area contributed by atoms with Crippen molar-refractivity contribution in [3.05, 3.63) is 198 Å². The molecule has 0 radical (unpaired) electrons. The normalized spacial score (nSPS) is 15.1. The van der Waals surface area contributed by atoms with Gasteiger partial charge in [0.15, 0.2) is 17.5 Å². The van der Waals surface area contributed by atoms with Gasteiger partial charge in [0.25, 0.3) is 0 Å². The van der Waals surface area contributed by atoms with E-state index in [2.05, 4.69) is 115 Å². The van der Waals surface area contributed by atoms with Crippen molar-refractivity contribution in [3.63, 3.8) is 0 Å². The maximum Gasteiger partial charge on any atom is 0.164 e. The number of nitrogens with zero attached hydrogens (tertiary/aromatic N) is 3. The molecule has 11 rings (SSSR count). The van der Waals surface area contributed by atoms with Gasteiger partial charge in [0.2, 0.25) is 0 Å². The molecule has 9 aromatic carbocycles. The van der Waals surface area contributed by atoms with Gasteiger partial charge in [-0.1, -0.05) is 176 Å². The lowest BCUT2D eigenvalue weighted by molar-refractivity contribution is 0.771. The monoisotopic (exact) mass is 647 g/mol. The molecular formula is C48H29N3. The van der Waals surface area contributed by atoms with Crippen LogP contribution in [0.25, 0.3) is 77.3 Å². The Morgan fingerprint density at radius 2 is 0.765 bits per heavy atom. The fourth-order valence-corrected chi connectivity index (χ4v) is 8.78. The molecule has 0 amide bonds. The minimum atomic E-state index is -0.512. The standard InChI is InChI=1S/C48H29N3/c1-4-12-32(13-5-1)45-49-46(33-14-6-2-7-15-33)51-47(50-45)34-24-27-36(28-25-34)48(35-17-8-3-9-18-35)39-21-11-20-38-37-19-10-16-30-22-23-31-26-29-40(48)44(43(38)39)42(31)41(30)37/h1-29H. The molecule has 0 bridgehead atoms. The smallest absolute Gasteiger partial charge is 0.164 e. The van der Waals surface area contributed by atoms with Crippen LogP contribution in [0, 0.1) is 0 Å². The lowest BCUT2D eigenvalue weighted by atomic mass is 9.67. The molecule has 51 heavy (non-hydrogen) atoms. The predicted octanol–water partition coefficient (Wildman–Crippen LogP) is 11.6. The lowest BCUT2D eigenvalue weighted by Gasteiger charge is -2.34. The summed E-state index contributed by atoms with van der Waals surface area (Å²) in [5.74, 6) is 1.97. The van der Waals surface area contributed by atoms with Crippen LogP contribution in [0.5, 0.6) is 0 Å². The van der Waals surface area contributed by atoms with E-state index < -0.39 is 5.41 Å². The number of rotatable bonds is 5. The number of benzene rings is 9. The second-order valence-corrected chi connectivity index (χ2v) is 13.5. The molecule has 0 aliphatic heterocycles. The van der Waals surface area contributed by atoms with Crippen molar-refractivity contribution in [2.75, 3.05) is 0 Å². The van der Waals surface area contributed by atoms with E-state index in [9.17, 15) is 0 Å². The van der Waals surface area contributed by atoms with Gasteiger partial charge in [-0.2, -0.15) is 0 Å². The number of fused-ring (bicyclic) bond motifs is 1. The molecule has 236 valence electrons. The Labute approximate surface area is 294 Å². The molecule has 3 heteroatoms. The number of hydrogen-bond donors (Lipinski definition) is 0. The molecule has 1 aliphatic rings. The molecule has 0 N–H and O–H groups in total. The third-order valence-electron chi connectivity index (χ3n) is 10.9. The van der Waals surface area contributed by atoms with E-state index >= 15 is 0 Å². The molecule has 1 aromatic heterocycles. The van der Waals surface area contributed by atoms with Crippen LogP contribution in [0.15, 0.2) is 176 Å². The number of hydrogen-bond acceptors (Lipinski definition) is 3. The molecule has 3 nitrogen and oxygen atoms in total. The highest BCUT2D eigenvalue weighted by Crippen LogP contribution is 2.58. The van der Waals surface area contributed by atoms with Gasteiger partial charge in [-0.05, 0) is 65.3 Å². The van der Waals surface area contributed by atoms with E-state index in [-0.39, 0.29) is 0 Å². The van der Waals surface area contributed by atoms with Crippen molar-refractivity contribution in [3.8, 4) is 34.2 Å². The minimum Gasteiger partial charge on any atom is -0.208 e. The first-order valence-electron chi connectivity index (χ1n) is 17.5. The van der Waals surface area contributed by atoms with E-state index in [1.165, 1.54) is 65.3 Å².